The number of amides is 1. The molecule has 19 heavy (non-hydrogen) atoms. The molecule has 1 aromatic heterocycles. The van der Waals surface area contributed by atoms with Crippen LogP contribution in [0.3, 0.4) is 0 Å². The molecule has 1 fully saturated rings. The summed E-state index contributed by atoms with van der Waals surface area (Å²) in [7, 11) is 0. The number of rotatable bonds is 4. The van der Waals surface area contributed by atoms with Crippen molar-refractivity contribution >= 4 is 16.8 Å². The number of nitrogens with one attached hydrogen (secondary N) is 2. The smallest absolute Gasteiger partial charge is 0.251 e. The first kappa shape index (κ1) is 12.0. The Balaban J connectivity index is 1.74. The predicted molar refractivity (Wildman–Crippen MR) is 74.1 cm³/mol. The first-order valence-corrected chi connectivity index (χ1v) is 6.63. The van der Waals surface area contributed by atoms with E-state index in [0.717, 1.165) is 23.7 Å². The van der Waals surface area contributed by atoms with E-state index in [0.29, 0.717) is 24.4 Å². The Hall–Kier alpha value is -2.10. The van der Waals surface area contributed by atoms with Gasteiger partial charge in [-0.05, 0) is 36.8 Å². The quantitative estimate of drug-likeness (QED) is 0.875. The van der Waals surface area contributed by atoms with E-state index in [4.69, 9.17) is 0 Å². The van der Waals surface area contributed by atoms with E-state index in [9.17, 15) is 9.59 Å². The highest BCUT2D eigenvalue weighted by Crippen LogP contribution is 2.18. The second-order valence-electron chi connectivity index (χ2n) is 5.05. The summed E-state index contributed by atoms with van der Waals surface area (Å²) in [5.74, 6) is 0.0371. The standard InChI is InChI=1S/C15H16N2O2/c18-14(16-12-6-7-12)8-5-11-9-10-3-1-2-4-13(10)17-15(11)19/h1-4,9,12H,5-8H2,(H,16,18)(H,17,19). The summed E-state index contributed by atoms with van der Waals surface area (Å²) in [6.45, 7) is 0. The fourth-order valence-corrected chi connectivity index (χ4v) is 2.15. The van der Waals surface area contributed by atoms with Crippen LogP contribution in [-0.2, 0) is 11.2 Å². The van der Waals surface area contributed by atoms with E-state index in [-0.39, 0.29) is 11.5 Å². The van der Waals surface area contributed by atoms with Gasteiger partial charge in [0, 0.05) is 23.5 Å². The molecule has 4 heteroatoms. The fraction of sp³-hybridized carbons (Fsp3) is 0.333. The number of carbonyl (C=O) groups excluding carboxylic acids is 1. The van der Waals surface area contributed by atoms with Crippen LogP contribution in [0, 0.1) is 0 Å². The summed E-state index contributed by atoms with van der Waals surface area (Å²) in [4.78, 5) is 26.4. The van der Waals surface area contributed by atoms with Crippen LogP contribution < -0.4 is 10.9 Å². The van der Waals surface area contributed by atoms with E-state index in [2.05, 4.69) is 10.3 Å². The summed E-state index contributed by atoms with van der Waals surface area (Å²) < 4.78 is 0. The summed E-state index contributed by atoms with van der Waals surface area (Å²) in [6, 6.07) is 9.91. The van der Waals surface area contributed by atoms with Gasteiger partial charge in [-0.25, -0.2) is 0 Å². The molecule has 0 spiro atoms. The van der Waals surface area contributed by atoms with Gasteiger partial charge in [0.1, 0.15) is 0 Å². The molecule has 0 radical (unpaired) electrons. The van der Waals surface area contributed by atoms with E-state index >= 15 is 0 Å². The summed E-state index contributed by atoms with van der Waals surface area (Å²) in [5, 5.41) is 3.93. The van der Waals surface area contributed by atoms with Crippen LogP contribution in [0.15, 0.2) is 35.1 Å². The third kappa shape index (κ3) is 2.84. The number of hydrogen-bond acceptors (Lipinski definition) is 2. The topological polar surface area (TPSA) is 62.0 Å². The SMILES string of the molecule is O=C(CCc1cc2ccccc2[nH]c1=O)NC1CC1. The van der Waals surface area contributed by atoms with Gasteiger partial charge in [-0.1, -0.05) is 18.2 Å². The molecule has 98 valence electrons. The minimum Gasteiger partial charge on any atom is -0.353 e. The van der Waals surface area contributed by atoms with E-state index in [1.165, 1.54) is 0 Å². The average Bonchev–Trinajstić information content (AvgIpc) is 3.20. The van der Waals surface area contributed by atoms with Crippen LogP contribution in [0.25, 0.3) is 10.9 Å². The molecule has 2 N–H and O–H groups in total. The van der Waals surface area contributed by atoms with Crippen molar-refractivity contribution in [3.05, 3.63) is 46.2 Å². The number of aryl methyl sites for hydroxylation is 1. The highest BCUT2D eigenvalue weighted by atomic mass is 16.1. The molecule has 1 aliphatic rings. The Morgan fingerprint density at radius 1 is 1.32 bits per heavy atom. The number of carbonyl (C=O) groups is 1. The number of hydrogen-bond donors (Lipinski definition) is 2. The highest BCUT2D eigenvalue weighted by Gasteiger charge is 2.22. The molecule has 1 heterocycles. The minimum atomic E-state index is -0.0991. The third-order valence-electron chi connectivity index (χ3n) is 3.39. The Bertz CT molecular complexity index is 671. The molecule has 1 aliphatic carbocycles. The first-order valence-electron chi connectivity index (χ1n) is 6.63. The molecule has 2 aromatic rings. The molecule has 4 nitrogen and oxygen atoms in total. The maximum Gasteiger partial charge on any atom is 0.251 e. The molecular weight excluding hydrogens is 240 g/mol. The normalized spacial score (nSPS) is 14.5. The number of fused-ring (bicyclic) bond motifs is 1. The van der Waals surface area contributed by atoms with Gasteiger partial charge in [0.15, 0.2) is 0 Å². The summed E-state index contributed by atoms with van der Waals surface area (Å²) in [5.41, 5.74) is 1.40. The average molecular weight is 256 g/mol. The third-order valence-corrected chi connectivity index (χ3v) is 3.39. The first-order chi connectivity index (χ1) is 9.22. The molecule has 1 saturated carbocycles. The highest BCUT2D eigenvalue weighted by molar-refractivity contribution is 5.79. The van der Waals surface area contributed by atoms with Gasteiger partial charge < -0.3 is 10.3 Å². The maximum absolute atomic E-state index is 11.9. The lowest BCUT2D eigenvalue weighted by molar-refractivity contribution is -0.121. The molecule has 0 aliphatic heterocycles. The monoisotopic (exact) mass is 256 g/mol. The van der Waals surface area contributed by atoms with Gasteiger partial charge >= 0.3 is 0 Å². The summed E-state index contributed by atoms with van der Waals surface area (Å²) in [6.07, 6.45) is 3.03. The van der Waals surface area contributed by atoms with Crippen molar-refractivity contribution in [3.8, 4) is 0 Å². The number of para-hydroxylation sites is 1. The van der Waals surface area contributed by atoms with E-state index < -0.39 is 0 Å². The number of aromatic nitrogens is 1. The molecule has 1 aromatic carbocycles. The Morgan fingerprint density at radius 2 is 2.11 bits per heavy atom. The van der Waals surface area contributed by atoms with Gasteiger partial charge in [-0.15, -0.1) is 0 Å². The fourth-order valence-electron chi connectivity index (χ4n) is 2.15. The van der Waals surface area contributed by atoms with Crippen LogP contribution >= 0.6 is 0 Å². The van der Waals surface area contributed by atoms with Gasteiger partial charge in [0.25, 0.3) is 5.56 Å². The Labute approximate surface area is 110 Å². The van der Waals surface area contributed by atoms with Crippen molar-refractivity contribution in [2.75, 3.05) is 0 Å². The lowest BCUT2D eigenvalue weighted by Gasteiger charge is -2.04. The molecule has 0 bridgehead atoms. The van der Waals surface area contributed by atoms with E-state index in [1.54, 1.807) is 0 Å². The maximum atomic E-state index is 11.9. The second kappa shape index (κ2) is 4.88. The molecule has 0 saturated heterocycles. The lowest BCUT2D eigenvalue weighted by Crippen LogP contribution is -2.26. The number of benzene rings is 1. The second-order valence-corrected chi connectivity index (χ2v) is 5.05. The van der Waals surface area contributed by atoms with Gasteiger partial charge in [0.2, 0.25) is 5.91 Å². The number of H-pyrrole nitrogens is 1. The van der Waals surface area contributed by atoms with Crippen molar-refractivity contribution < 1.29 is 4.79 Å². The van der Waals surface area contributed by atoms with Crippen LogP contribution in [0.1, 0.15) is 24.8 Å². The van der Waals surface area contributed by atoms with E-state index in [1.807, 2.05) is 30.3 Å². The lowest BCUT2D eigenvalue weighted by atomic mass is 10.1. The largest absolute Gasteiger partial charge is 0.353 e. The zero-order valence-corrected chi connectivity index (χ0v) is 10.6. The molecule has 0 unspecified atom stereocenters. The summed E-state index contributed by atoms with van der Waals surface area (Å²) >= 11 is 0. The van der Waals surface area contributed by atoms with Crippen molar-refractivity contribution in [2.45, 2.75) is 31.7 Å². The van der Waals surface area contributed by atoms with Gasteiger partial charge in [-0.3, -0.25) is 9.59 Å². The Kier molecular flexibility index (Phi) is 3.07. The zero-order chi connectivity index (χ0) is 13.2. The number of aromatic amines is 1. The van der Waals surface area contributed by atoms with Crippen LogP contribution in [0.4, 0.5) is 0 Å². The Morgan fingerprint density at radius 3 is 2.89 bits per heavy atom. The van der Waals surface area contributed by atoms with Crippen molar-refractivity contribution in [3.63, 3.8) is 0 Å². The minimum absolute atomic E-state index is 0.0371. The predicted octanol–water partition coefficient (Wildman–Crippen LogP) is 1.74. The van der Waals surface area contributed by atoms with Crippen molar-refractivity contribution in [2.24, 2.45) is 0 Å². The zero-order valence-electron chi connectivity index (χ0n) is 10.6. The van der Waals surface area contributed by atoms with Crippen LogP contribution in [-0.4, -0.2) is 16.9 Å². The van der Waals surface area contributed by atoms with Gasteiger partial charge in [-0.2, -0.15) is 0 Å². The molecule has 3 rings (SSSR count). The van der Waals surface area contributed by atoms with Crippen LogP contribution in [0.2, 0.25) is 0 Å². The molecule has 0 atom stereocenters. The van der Waals surface area contributed by atoms with Gasteiger partial charge in [0.05, 0.1) is 0 Å². The van der Waals surface area contributed by atoms with Crippen molar-refractivity contribution in [1.29, 1.82) is 0 Å². The number of pyridine rings is 1. The van der Waals surface area contributed by atoms with Crippen molar-refractivity contribution in [1.82, 2.24) is 10.3 Å². The van der Waals surface area contributed by atoms with Crippen LogP contribution in [0.5, 0.6) is 0 Å². The molecule has 1 amide bonds. The molecular formula is C15H16N2O2.